The molecule has 0 spiro atoms. The van der Waals surface area contributed by atoms with Gasteiger partial charge in [0.15, 0.2) is 5.82 Å². The molecule has 3 rings (SSSR count). The highest BCUT2D eigenvalue weighted by atomic mass is 16.5. The molecule has 20 heavy (non-hydrogen) atoms. The molecule has 2 heterocycles. The Morgan fingerprint density at radius 1 is 1.50 bits per heavy atom. The average Bonchev–Trinajstić information content (AvgIpc) is 3.21. The number of aryl methyl sites for hydroxylation is 1. The van der Waals surface area contributed by atoms with Gasteiger partial charge in [0, 0.05) is 18.4 Å². The van der Waals surface area contributed by atoms with Crippen LogP contribution in [-0.2, 0) is 9.53 Å². The highest BCUT2D eigenvalue weighted by Crippen LogP contribution is 2.32. The van der Waals surface area contributed by atoms with E-state index in [9.17, 15) is 4.79 Å². The quantitative estimate of drug-likeness (QED) is 0.757. The van der Waals surface area contributed by atoms with Crippen molar-refractivity contribution in [3.05, 3.63) is 18.2 Å². The molecule has 0 amide bonds. The maximum absolute atomic E-state index is 11.8. The standard InChI is InChI=1S/C13H17N5O2/c1-3-20-11(19)8-18(10-4-5-10)12-13-16-15-9(2)17(13)7-6-14-12/h6-7,10H,3-5,8H2,1-2H3. The van der Waals surface area contributed by atoms with Gasteiger partial charge in [-0.05, 0) is 26.7 Å². The first kappa shape index (κ1) is 12.8. The average molecular weight is 275 g/mol. The Balaban J connectivity index is 1.95. The number of hydrogen-bond acceptors (Lipinski definition) is 6. The highest BCUT2D eigenvalue weighted by molar-refractivity contribution is 5.78. The lowest BCUT2D eigenvalue weighted by Gasteiger charge is -2.22. The summed E-state index contributed by atoms with van der Waals surface area (Å²) in [4.78, 5) is 18.1. The monoisotopic (exact) mass is 275 g/mol. The van der Waals surface area contributed by atoms with E-state index in [1.54, 1.807) is 13.1 Å². The molecule has 2 aromatic heterocycles. The van der Waals surface area contributed by atoms with E-state index < -0.39 is 0 Å². The lowest BCUT2D eigenvalue weighted by molar-refractivity contribution is -0.141. The van der Waals surface area contributed by atoms with E-state index in [0.29, 0.717) is 24.1 Å². The van der Waals surface area contributed by atoms with Gasteiger partial charge < -0.3 is 9.64 Å². The van der Waals surface area contributed by atoms with Crippen LogP contribution in [-0.4, -0.2) is 44.7 Å². The van der Waals surface area contributed by atoms with Gasteiger partial charge in [0.2, 0.25) is 5.65 Å². The minimum Gasteiger partial charge on any atom is -0.465 e. The van der Waals surface area contributed by atoms with Crippen LogP contribution in [0, 0.1) is 6.92 Å². The molecule has 1 fully saturated rings. The summed E-state index contributed by atoms with van der Waals surface area (Å²) >= 11 is 0. The van der Waals surface area contributed by atoms with Gasteiger partial charge >= 0.3 is 5.97 Å². The molecule has 0 atom stereocenters. The number of hydrogen-bond donors (Lipinski definition) is 0. The molecule has 7 heteroatoms. The van der Waals surface area contributed by atoms with E-state index >= 15 is 0 Å². The van der Waals surface area contributed by atoms with Crippen molar-refractivity contribution >= 4 is 17.4 Å². The molecule has 7 nitrogen and oxygen atoms in total. The summed E-state index contributed by atoms with van der Waals surface area (Å²) < 4.78 is 6.92. The first-order chi connectivity index (χ1) is 9.70. The number of ether oxygens (including phenoxy) is 1. The molecule has 1 aliphatic rings. The maximum Gasteiger partial charge on any atom is 0.325 e. The lowest BCUT2D eigenvalue weighted by atomic mass is 10.4. The Morgan fingerprint density at radius 2 is 2.30 bits per heavy atom. The van der Waals surface area contributed by atoms with Gasteiger partial charge in [-0.1, -0.05) is 0 Å². The predicted octanol–water partition coefficient (Wildman–Crippen LogP) is 0.965. The minimum atomic E-state index is -0.237. The van der Waals surface area contributed by atoms with Crippen molar-refractivity contribution in [2.75, 3.05) is 18.1 Å². The summed E-state index contributed by atoms with van der Waals surface area (Å²) in [5, 5.41) is 8.22. The molecule has 2 aromatic rings. The fourth-order valence-electron chi connectivity index (χ4n) is 2.24. The third kappa shape index (κ3) is 2.31. The number of nitrogens with zero attached hydrogens (tertiary/aromatic N) is 5. The van der Waals surface area contributed by atoms with E-state index in [-0.39, 0.29) is 12.5 Å². The van der Waals surface area contributed by atoms with Crippen molar-refractivity contribution in [1.82, 2.24) is 19.6 Å². The van der Waals surface area contributed by atoms with Gasteiger partial charge in [0.1, 0.15) is 12.4 Å². The van der Waals surface area contributed by atoms with Gasteiger partial charge in [0.05, 0.1) is 6.61 Å². The van der Waals surface area contributed by atoms with Crippen LogP contribution in [0.5, 0.6) is 0 Å². The molecule has 0 unspecified atom stereocenters. The number of carbonyl (C=O) groups excluding carboxylic acids is 1. The third-order valence-corrected chi connectivity index (χ3v) is 3.34. The van der Waals surface area contributed by atoms with Gasteiger partial charge in [0.25, 0.3) is 0 Å². The second-order valence-electron chi connectivity index (χ2n) is 4.86. The zero-order valence-electron chi connectivity index (χ0n) is 11.6. The number of esters is 1. The molecule has 106 valence electrons. The molecular formula is C13H17N5O2. The Hall–Kier alpha value is -2.18. The predicted molar refractivity (Wildman–Crippen MR) is 72.5 cm³/mol. The Bertz CT molecular complexity index is 635. The molecule has 1 saturated carbocycles. The van der Waals surface area contributed by atoms with Gasteiger partial charge in [-0.3, -0.25) is 9.20 Å². The summed E-state index contributed by atoms with van der Waals surface area (Å²) in [7, 11) is 0. The second kappa shape index (κ2) is 5.07. The van der Waals surface area contributed by atoms with Crippen molar-refractivity contribution in [1.29, 1.82) is 0 Å². The first-order valence-corrected chi connectivity index (χ1v) is 6.79. The Kier molecular flexibility index (Phi) is 3.25. The van der Waals surface area contributed by atoms with Gasteiger partial charge in [-0.2, -0.15) is 0 Å². The largest absolute Gasteiger partial charge is 0.465 e. The molecule has 0 bridgehead atoms. The molecule has 0 aliphatic heterocycles. The zero-order chi connectivity index (χ0) is 14.1. The number of fused-ring (bicyclic) bond motifs is 1. The normalized spacial score (nSPS) is 14.5. The lowest BCUT2D eigenvalue weighted by Crippen LogP contribution is -2.34. The first-order valence-electron chi connectivity index (χ1n) is 6.79. The van der Waals surface area contributed by atoms with E-state index in [1.807, 2.05) is 22.4 Å². The van der Waals surface area contributed by atoms with E-state index in [4.69, 9.17) is 4.74 Å². The Morgan fingerprint density at radius 3 is 3.00 bits per heavy atom. The van der Waals surface area contributed by atoms with Crippen molar-refractivity contribution < 1.29 is 9.53 Å². The van der Waals surface area contributed by atoms with Crippen molar-refractivity contribution in [3.8, 4) is 0 Å². The van der Waals surface area contributed by atoms with Crippen LogP contribution in [0.4, 0.5) is 5.82 Å². The highest BCUT2D eigenvalue weighted by Gasteiger charge is 2.33. The molecule has 0 saturated heterocycles. The van der Waals surface area contributed by atoms with E-state index in [1.165, 1.54) is 0 Å². The molecule has 0 radical (unpaired) electrons. The number of carbonyl (C=O) groups is 1. The fraction of sp³-hybridized carbons (Fsp3) is 0.538. The number of aromatic nitrogens is 4. The van der Waals surface area contributed by atoms with Crippen LogP contribution < -0.4 is 4.90 Å². The summed E-state index contributed by atoms with van der Waals surface area (Å²) in [5.74, 6) is 1.26. The van der Waals surface area contributed by atoms with E-state index in [0.717, 1.165) is 18.7 Å². The minimum absolute atomic E-state index is 0.205. The van der Waals surface area contributed by atoms with Crippen LogP contribution in [0.1, 0.15) is 25.6 Å². The second-order valence-corrected chi connectivity index (χ2v) is 4.86. The Labute approximate surface area is 116 Å². The van der Waals surface area contributed by atoms with Gasteiger partial charge in [-0.15, -0.1) is 10.2 Å². The SMILES string of the molecule is CCOC(=O)CN(c1nccn2c(C)nnc12)C1CC1. The van der Waals surface area contributed by atoms with Crippen LogP contribution in [0.15, 0.2) is 12.4 Å². The van der Waals surface area contributed by atoms with Crippen molar-refractivity contribution in [3.63, 3.8) is 0 Å². The summed E-state index contributed by atoms with van der Waals surface area (Å²) in [6.07, 6.45) is 5.66. The molecule has 0 N–H and O–H groups in total. The van der Waals surface area contributed by atoms with Crippen LogP contribution in [0.25, 0.3) is 5.65 Å². The molecule has 0 aromatic carbocycles. The van der Waals surface area contributed by atoms with Crippen molar-refractivity contribution in [2.45, 2.75) is 32.7 Å². The number of rotatable bonds is 5. The van der Waals surface area contributed by atoms with Gasteiger partial charge in [-0.25, -0.2) is 4.98 Å². The topological polar surface area (TPSA) is 72.6 Å². The summed E-state index contributed by atoms with van der Waals surface area (Å²) in [6.45, 7) is 4.28. The van der Waals surface area contributed by atoms with Crippen LogP contribution in [0.2, 0.25) is 0 Å². The van der Waals surface area contributed by atoms with Crippen LogP contribution in [0.3, 0.4) is 0 Å². The smallest absolute Gasteiger partial charge is 0.325 e. The fourth-order valence-corrected chi connectivity index (χ4v) is 2.24. The molecular weight excluding hydrogens is 258 g/mol. The zero-order valence-corrected chi connectivity index (χ0v) is 11.6. The maximum atomic E-state index is 11.8. The summed E-state index contributed by atoms with van der Waals surface area (Å²) in [6, 6.07) is 0.343. The third-order valence-electron chi connectivity index (χ3n) is 3.34. The number of anilines is 1. The van der Waals surface area contributed by atoms with Crippen molar-refractivity contribution in [2.24, 2.45) is 0 Å². The van der Waals surface area contributed by atoms with E-state index in [2.05, 4.69) is 15.2 Å². The van der Waals surface area contributed by atoms with Crippen LogP contribution >= 0.6 is 0 Å². The molecule has 1 aliphatic carbocycles. The summed E-state index contributed by atoms with van der Waals surface area (Å²) in [5.41, 5.74) is 0.682.